The summed E-state index contributed by atoms with van der Waals surface area (Å²) in [6.07, 6.45) is 2.51. The molecular weight excluding hydrogens is 422 g/mol. The van der Waals surface area contributed by atoms with Crippen LogP contribution in [0.4, 0.5) is 16.3 Å². The van der Waals surface area contributed by atoms with Gasteiger partial charge in [0.05, 0.1) is 26.3 Å². The van der Waals surface area contributed by atoms with Crippen LogP contribution in [-0.4, -0.2) is 67.9 Å². The van der Waals surface area contributed by atoms with Crippen molar-refractivity contribution in [2.75, 3.05) is 57.2 Å². The Morgan fingerprint density at radius 2 is 1.70 bits per heavy atom. The van der Waals surface area contributed by atoms with E-state index in [1.165, 1.54) is 0 Å². The van der Waals surface area contributed by atoms with Gasteiger partial charge >= 0.3 is 6.03 Å². The molecule has 33 heavy (non-hydrogen) atoms. The first-order valence-electron chi connectivity index (χ1n) is 11.0. The summed E-state index contributed by atoms with van der Waals surface area (Å²) in [5.41, 5.74) is 1.53. The van der Waals surface area contributed by atoms with Crippen molar-refractivity contribution in [2.45, 2.75) is 13.3 Å². The van der Waals surface area contributed by atoms with Crippen molar-refractivity contribution >= 4 is 28.4 Å². The number of piperazine rings is 1. The van der Waals surface area contributed by atoms with Gasteiger partial charge in [0.2, 0.25) is 0 Å². The van der Waals surface area contributed by atoms with E-state index in [2.05, 4.69) is 27.1 Å². The van der Waals surface area contributed by atoms with Crippen LogP contribution in [0.25, 0.3) is 10.9 Å². The first-order valence-corrected chi connectivity index (χ1v) is 11.0. The minimum atomic E-state index is -0.115. The summed E-state index contributed by atoms with van der Waals surface area (Å²) in [4.78, 5) is 25.6. The number of ether oxygens (including phenoxy) is 3. The smallest absolute Gasteiger partial charge is 0.321 e. The molecule has 0 bridgehead atoms. The second kappa shape index (κ2) is 10.2. The number of urea groups is 1. The predicted molar refractivity (Wildman–Crippen MR) is 128 cm³/mol. The number of amides is 2. The van der Waals surface area contributed by atoms with Gasteiger partial charge in [0, 0.05) is 43.3 Å². The van der Waals surface area contributed by atoms with Crippen molar-refractivity contribution in [3.8, 4) is 17.2 Å². The molecule has 174 valence electrons. The molecule has 0 radical (unpaired) electrons. The molecule has 0 aliphatic carbocycles. The van der Waals surface area contributed by atoms with Gasteiger partial charge in [-0.2, -0.15) is 0 Å². The number of anilines is 2. The number of fused-ring (bicyclic) bond motifs is 1. The summed E-state index contributed by atoms with van der Waals surface area (Å²) in [5.74, 6) is 2.88. The molecule has 2 amide bonds. The maximum atomic E-state index is 12.7. The Morgan fingerprint density at radius 3 is 2.36 bits per heavy atom. The fourth-order valence-electron chi connectivity index (χ4n) is 3.80. The van der Waals surface area contributed by atoms with Crippen molar-refractivity contribution < 1.29 is 19.0 Å². The van der Waals surface area contributed by atoms with Gasteiger partial charge in [-0.25, -0.2) is 14.8 Å². The normalized spacial score (nSPS) is 13.7. The Kier molecular flexibility index (Phi) is 6.97. The largest absolute Gasteiger partial charge is 0.494 e. The second-order valence-corrected chi connectivity index (χ2v) is 7.70. The van der Waals surface area contributed by atoms with E-state index in [9.17, 15) is 4.79 Å². The van der Waals surface area contributed by atoms with Crippen LogP contribution in [0.15, 0.2) is 42.7 Å². The van der Waals surface area contributed by atoms with Crippen LogP contribution >= 0.6 is 0 Å². The highest BCUT2D eigenvalue weighted by atomic mass is 16.5. The topological polar surface area (TPSA) is 89.1 Å². The van der Waals surface area contributed by atoms with Crippen LogP contribution in [0.3, 0.4) is 0 Å². The van der Waals surface area contributed by atoms with E-state index in [0.29, 0.717) is 44.3 Å². The molecule has 0 saturated carbocycles. The van der Waals surface area contributed by atoms with Crippen LogP contribution < -0.4 is 24.4 Å². The second-order valence-electron chi connectivity index (χ2n) is 7.70. The number of hydrogen-bond acceptors (Lipinski definition) is 7. The Balaban J connectivity index is 1.40. The third-order valence-corrected chi connectivity index (χ3v) is 5.56. The third-order valence-electron chi connectivity index (χ3n) is 5.56. The van der Waals surface area contributed by atoms with Gasteiger partial charge in [-0.15, -0.1) is 0 Å². The number of nitrogens with zero attached hydrogens (tertiary/aromatic N) is 4. The summed E-state index contributed by atoms with van der Waals surface area (Å²) in [6, 6.07) is 11.1. The Bertz CT molecular complexity index is 1100. The molecule has 1 aromatic heterocycles. The zero-order chi connectivity index (χ0) is 23.2. The van der Waals surface area contributed by atoms with Gasteiger partial charge in [-0.1, -0.05) is 6.92 Å². The zero-order valence-electron chi connectivity index (χ0n) is 19.2. The highest BCUT2D eigenvalue weighted by molar-refractivity contribution is 5.92. The van der Waals surface area contributed by atoms with Gasteiger partial charge in [0.15, 0.2) is 11.5 Å². The monoisotopic (exact) mass is 451 g/mol. The van der Waals surface area contributed by atoms with E-state index >= 15 is 0 Å². The minimum Gasteiger partial charge on any atom is -0.494 e. The lowest BCUT2D eigenvalue weighted by molar-refractivity contribution is 0.208. The number of benzene rings is 2. The molecule has 1 fully saturated rings. The fraction of sp³-hybridized carbons (Fsp3) is 0.375. The molecule has 1 N–H and O–H groups in total. The molecule has 0 unspecified atom stereocenters. The zero-order valence-corrected chi connectivity index (χ0v) is 19.2. The van der Waals surface area contributed by atoms with Crippen molar-refractivity contribution in [1.82, 2.24) is 14.9 Å². The maximum Gasteiger partial charge on any atom is 0.321 e. The molecule has 9 heteroatoms. The molecule has 2 aromatic carbocycles. The number of carbonyl (C=O) groups is 1. The fourth-order valence-corrected chi connectivity index (χ4v) is 3.80. The van der Waals surface area contributed by atoms with E-state index in [1.54, 1.807) is 20.5 Å². The number of carbonyl (C=O) groups excluding carboxylic acids is 1. The first-order chi connectivity index (χ1) is 16.1. The van der Waals surface area contributed by atoms with Crippen LogP contribution in [0, 0.1) is 0 Å². The van der Waals surface area contributed by atoms with Gasteiger partial charge in [0.1, 0.15) is 17.9 Å². The summed E-state index contributed by atoms with van der Waals surface area (Å²) in [7, 11) is 3.21. The highest BCUT2D eigenvalue weighted by Crippen LogP contribution is 2.35. The van der Waals surface area contributed by atoms with Crippen molar-refractivity contribution in [1.29, 1.82) is 0 Å². The molecule has 4 rings (SSSR count). The molecule has 2 heterocycles. The number of aromatic nitrogens is 2. The molecule has 9 nitrogen and oxygen atoms in total. The predicted octanol–water partition coefficient (Wildman–Crippen LogP) is 3.79. The molecule has 0 spiro atoms. The van der Waals surface area contributed by atoms with Gasteiger partial charge in [0.25, 0.3) is 0 Å². The van der Waals surface area contributed by atoms with Gasteiger partial charge in [-0.3, -0.25) is 0 Å². The van der Waals surface area contributed by atoms with Crippen molar-refractivity contribution in [3.05, 3.63) is 42.7 Å². The summed E-state index contributed by atoms with van der Waals surface area (Å²) in [5, 5.41) is 3.85. The lowest BCUT2D eigenvalue weighted by Crippen LogP contribution is -2.50. The Hall–Kier alpha value is -3.75. The number of methoxy groups -OCH3 is 2. The van der Waals surface area contributed by atoms with Crippen LogP contribution in [-0.2, 0) is 0 Å². The number of nitrogens with one attached hydrogen (secondary N) is 1. The Labute approximate surface area is 193 Å². The highest BCUT2D eigenvalue weighted by Gasteiger charge is 2.24. The van der Waals surface area contributed by atoms with Crippen molar-refractivity contribution in [2.24, 2.45) is 0 Å². The molecular formula is C24H29N5O4. The molecule has 0 atom stereocenters. The minimum absolute atomic E-state index is 0.115. The quantitative estimate of drug-likeness (QED) is 0.585. The van der Waals surface area contributed by atoms with E-state index in [4.69, 9.17) is 14.2 Å². The molecule has 3 aromatic rings. The van der Waals surface area contributed by atoms with Crippen LogP contribution in [0.2, 0.25) is 0 Å². The van der Waals surface area contributed by atoms with E-state index in [1.807, 2.05) is 41.3 Å². The molecule has 1 saturated heterocycles. The van der Waals surface area contributed by atoms with Crippen LogP contribution in [0.1, 0.15) is 13.3 Å². The number of hydrogen-bond donors (Lipinski definition) is 1. The first kappa shape index (κ1) is 22.4. The summed E-state index contributed by atoms with van der Waals surface area (Å²) in [6.45, 7) is 5.24. The Morgan fingerprint density at radius 1 is 1.00 bits per heavy atom. The van der Waals surface area contributed by atoms with E-state index in [-0.39, 0.29) is 6.03 Å². The number of rotatable bonds is 7. The third kappa shape index (κ3) is 5.02. The maximum absolute atomic E-state index is 12.7. The lowest BCUT2D eigenvalue weighted by atomic mass is 10.2. The van der Waals surface area contributed by atoms with Crippen LogP contribution in [0.5, 0.6) is 17.2 Å². The van der Waals surface area contributed by atoms with E-state index < -0.39 is 0 Å². The van der Waals surface area contributed by atoms with Crippen molar-refractivity contribution in [3.63, 3.8) is 0 Å². The molecule has 1 aliphatic heterocycles. The standard InChI is InChI=1S/C24H29N5O4/c1-4-13-33-18-7-5-17(6-8-18)27-24(30)29-11-9-28(10-12-29)23-19-14-21(31-2)22(32-3)15-20(19)25-16-26-23/h5-8,14-16H,4,9-13H2,1-3H3,(H,27,30). The molecule has 1 aliphatic rings. The average Bonchev–Trinajstić information content (AvgIpc) is 2.87. The van der Waals surface area contributed by atoms with Gasteiger partial charge < -0.3 is 29.3 Å². The average molecular weight is 452 g/mol. The summed E-state index contributed by atoms with van der Waals surface area (Å²) >= 11 is 0. The SMILES string of the molecule is CCCOc1ccc(NC(=O)N2CCN(c3ncnc4cc(OC)c(OC)cc34)CC2)cc1. The van der Waals surface area contributed by atoms with E-state index in [0.717, 1.165) is 34.6 Å². The van der Waals surface area contributed by atoms with Gasteiger partial charge in [-0.05, 0) is 36.8 Å². The lowest BCUT2D eigenvalue weighted by Gasteiger charge is -2.35. The summed E-state index contributed by atoms with van der Waals surface area (Å²) < 4.78 is 16.4.